The number of allylic oxidation sites excluding steroid dienone is 2. The lowest BCUT2D eigenvalue weighted by molar-refractivity contribution is 0.0959. The summed E-state index contributed by atoms with van der Waals surface area (Å²) in [5.74, 6) is 1.92. The minimum absolute atomic E-state index is 0.000343. The summed E-state index contributed by atoms with van der Waals surface area (Å²) in [5, 5.41) is 21.5. The Kier molecular flexibility index (Phi) is 15.4. The summed E-state index contributed by atoms with van der Waals surface area (Å²) in [6.45, 7) is 17.7. The lowest BCUT2D eigenvalue weighted by atomic mass is 9.97. The molecule has 1 atom stereocenters. The molecule has 0 bridgehead atoms. The maximum absolute atomic E-state index is 14.4. The molecule has 8 nitrogen and oxygen atoms in total. The predicted molar refractivity (Wildman–Crippen MR) is 156 cm³/mol. The van der Waals surface area contributed by atoms with Crippen molar-refractivity contribution in [2.24, 2.45) is 11.3 Å². The fourth-order valence-electron chi connectivity index (χ4n) is 2.55. The van der Waals surface area contributed by atoms with E-state index < -0.39 is 23.8 Å². The topological polar surface area (TPSA) is 118 Å². The Morgan fingerprint density at radius 1 is 1.21 bits per heavy atom. The van der Waals surface area contributed by atoms with E-state index >= 15 is 0 Å². The number of urea groups is 1. The van der Waals surface area contributed by atoms with Gasteiger partial charge in [-0.15, -0.1) is 6.42 Å². The van der Waals surface area contributed by atoms with Gasteiger partial charge in [0.1, 0.15) is 17.3 Å². The van der Waals surface area contributed by atoms with E-state index in [0.29, 0.717) is 17.8 Å². The van der Waals surface area contributed by atoms with Crippen LogP contribution in [0.4, 0.5) is 14.9 Å². The molecular weight excluding hydrogens is 483 g/mol. The number of carbonyl (C=O) groups excluding carboxylic acids is 2. The Labute approximate surface area is 227 Å². The number of dihydropyridines is 1. The van der Waals surface area contributed by atoms with Crippen LogP contribution in [-0.4, -0.2) is 43.8 Å². The van der Waals surface area contributed by atoms with Crippen LogP contribution in [-0.2, 0) is 0 Å². The Hall–Kier alpha value is -3.64. The fourth-order valence-corrected chi connectivity index (χ4v) is 2.55. The molecule has 2 rings (SSSR count). The van der Waals surface area contributed by atoms with Crippen LogP contribution in [0.3, 0.4) is 0 Å². The van der Waals surface area contributed by atoms with Crippen LogP contribution in [0.1, 0.15) is 64.4 Å². The number of halogens is 1. The normalized spacial score (nSPS) is 13.8. The van der Waals surface area contributed by atoms with Gasteiger partial charge in [-0.05, 0) is 55.6 Å². The number of benzene rings is 1. The van der Waals surface area contributed by atoms with Gasteiger partial charge in [-0.1, -0.05) is 66.5 Å². The Morgan fingerprint density at radius 2 is 1.79 bits per heavy atom. The second kappa shape index (κ2) is 17.0. The average molecular weight is 529 g/mol. The standard InChI is InChI=1S/C22H26FN5O2.C4H10.C3H9N/c1-6-16(24)17-8-7-9-19(26-17)28-20(29)14-11-18(13(2)10-15(14)23)27-21(30)25-12-22(3,4)5;1-4(2)3;1-3-4-2/h1,7-11,17,24,26H,12H2,2-5H3,(H,28,29)(H2,25,27,30);4H,1-3H3;4H,3H2,1-2H3. The molecule has 1 unspecified atom stereocenters. The smallest absolute Gasteiger partial charge is 0.319 e. The summed E-state index contributed by atoms with van der Waals surface area (Å²) in [7, 11) is 1.93. The zero-order chi connectivity index (χ0) is 29.5. The van der Waals surface area contributed by atoms with Crippen LogP contribution in [0, 0.1) is 41.8 Å². The molecular formula is C29H45FN6O2. The van der Waals surface area contributed by atoms with Gasteiger partial charge in [0, 0.05) is 12.2 Å². The number of anilines is 1. The van der Waals surface area contributed by atoms with Crippen molar-refractivity contribution in [3.05, 3.63) is 53.1 Å². The summed E-state index contributed by atoms with van der Waals surface area (Å²) in [4.78, 5) is 24.8. The van der Waals surface area contributed by atoms with Gasteiger partial charge in [0.05, 0.1) is 11.6 Å². The average Bonchev–Trinajstić information content (AvgIpc) is 2.83. The highest BCUT2D eigenvalue weighted by Crippen LogP contribution is 2.21. The first-order valence-corrected chi connectivity index (χ1v) is 12.7. The fraction of sp³-hybridized carbons (Fsp3) is 0.483. The van der Waals surface area contributed by atoms with Crippen molar-refractivity contribution in [3.8, 4) is 12.3 Å². The second-order valence-electron chi connectivity index (χ2n) is 10.6. The molecule has 0 aromatic heterocycles. The van der Waals surface area contributed by atoms with E-state index in [1.807, 2.05) is 27.8 Å². The highest BCUT2D eigenvalue weighted by Gasteiger charge is 2.20. The molecule has 210 valence electrons. The lowest BCUT2D eigenvalue weighted by Gasteiger charge is -2.21. The third kappa shape index (κ3) is 14.2. The summed E-state index contributed by atoms with van der Waals surface area (Å²) in [5.41, 5.74) is 0.483. The molecule has 0 saturated carbocycles. The molecule has 6 N–H and O–H groups in total. The minimum atomic E-state index is -0.717. The molecule has 3 amide bonds. The van der Waals surface area contributed by atoms with E-state index in [0.717, 1.165) is 12.5 Å². The first kappa shape index (κ1) is 34.4. The SMILES string of the molecule is C#CC(=N)C1C=CC=C(NC(=O)c2cc(NC(=O)NCC(C)(C)C)c(C)cc2F)N1.CC(C)C.CCNC. The van der Waals surface area contributed by atoms with Crippen molar-refractivity contribution in [1.29, 1.82) is 5.41 Å². The van der Waals surface area contributed by atoms with E-state index in [1.54, 1.807) is 25.2 Å². The first-order chi connectivity index (χ1) is 17.6. The van der Waals surface area contributed by atoms with Crippen LogP contribution < -0.4 is 26.6 Å². The van der Waals surface area contributed by atoms with E-state index in [1.165, 1.54) is 12.1 Å². The van der Waals surface area contributed by atoms with Gasteiger partial charge < -0.3 is 26.6 Å². The number of rotatable bonds is 6. The van der Waals surface area contributed by atoms with E-state index in [9.17, 15) is 14.0 Å². The summed E-state index contributed by atoms with van der Waals surface area (Å²) < 4.78 is 14.4. The molecule has 1 heterocycles. The van der Waals surface area contributed by atoms with Crippen molar-refractivity contribution < 1.29 is 14.0 Å². The van der Waals surface area contributed by atoms with E-state index in [-0.39, 0.29) is 22.5 Å². The quantitative estimate of drug-likeness (QED) is 0.232. The van der Waals surface area contributed by atoms with Crippen molar-refractivity contribution in [2.45, 2.75) is 61.4 Å². The van der Waals surface area contributed by atoms with Crippen LogP contribution in [0.25, 0.3) is 0 Å². The summed E-state index contributed by atoms with van der Waals surface area (Å²) in [6, 6.07) is 1.48. The zero-order valence-electron chi connectivity index (χ0n) is 24.2. The molecule has 9 heteroatoms. The molecule has 38 heavy (non-hydrogen) atoms. The maximum atomic E-state index is 14.4. The number of amides is 3. The Bertz CT molecular complexity index is 1040. The maximum Gasteiger partial charge on any atom is 0.319 e. The third-order valence-electron chi connectivity index (χ3n) is 4.53. The number of aryl methyl sites for hydroxylation is 1. The summed E-state index contributed by atoms with van der Waals surface area (Å²) in [6.07, 6.45) is 10.1. The van der Waals surface area contributed by atoms with E-state index in [2.05, 4.69) is 60.2 Å². The minimum Gasteiger partial charge on any atom is -0.359 e. The number of hydrogen-bond donors (Lipinski definition) is 6. The number of hydrogen-bond acceptors (Lipinski definition) is 5. The highest BCUT2D eigenvalue weighted by atomic mass is 19.1. The largest absolute Gasteiger partial charge is 0.359 e. The highest BCUT2D eigenvalue weighted by molar-refractivity contribution is 6.03. The second-order valence-corrected chi connectivity index (χ2v) is 10.6. The Balaban J connectivity index is 0.00000150. The molecule has 1 aliphatic heterocycles. The predicted octanol–water partition coefficient (Wildman–Crippen LogP) is 4.94. The van der Waals surface area contributed by atoms with Crippen LogP contribution >= 0.6 is 0 Å². The van der Waals surface area contributed by atoms with Gasteiger partial charge in [0.2, 0.25) is 0 Å². The summed E-state index contributed by atoms with van der Waals surface area (Å²) >= 11 is 0. The molecule has 0 saturated heterocycles. The van der Waals surface area contributed by atoms with Gasteiger partial charge in [0.25, 0.3) is 5.91 Å². The van der Waals surface area contributed by atoms with Crippen molar-refractivity contribution in [3.63, 3.8) is 0 Å². The van der Waals surface area contributed by atoms with Gasteiger partial charge in [-0.25, -0.2) is 9.18 Å². The van der Waals surface area contributed by atoms with Gasteiger partial charge in [-0.2, -0.15) is 0 Å². The molecule has 0 radical (unpaired) electrons. The van der Waals surface area contributed by atoms with Crippen LogP contribution in [0.15, 0.2) is 36.2 Å². The monoisotopic (exact) mass is 528 g/mol. The van der Waals surface area contributed by atoms with Gasteiger partial charge in [-0.3, -0.25) is 10.2 Å². The van der Waals surface area contributed by atoms with Crippen molar-refractivity contribution >= 4 is 23.3 Å². The lowest BCUT2D eigenvalue weighted by Crippen LogP contribution is -2.41. The molecule has 1 aromatic rings. The number of nitrogens with one attached hydrogen (secondary N) is 6. The molecule has 1 aromatic carbocycles. The van der Waals surface area contributed by atoms with E-state index in [4.69, 9.17) is 11.8 Å². The number of carbonyl (C=O) groups is 2. The molecule has 0 fully saturated rings. The molecule has 1 aliphatic rings. The Morgan fingerprint density at radius 3 is 2.29 bits per heavy atom. The zero-order valence-corrected chi connectivity index (χ0v) is 24.2. The first-order valence-electron chi connectivity index (χ1n) is 12.7. The molecule has 0 spiro atoms. The van der Waals surface area contributed by atoms with Crippen LogP contribution in [0.2, 0.25) is 0 Å². The third-order valence-corrected chi connectivity index (χ3v) is 4.53. The van der Waals surface area contributed by atoms with Gasteiger partial charge >= 0.3 is 6.03 Å². The van der Waals surface area contributed by atoms with Crippen molar-refractivity contribution in [2.75, 3.05) is 25.5 Å². The molecule has 0 aliphatic carbocycles. The van der Waals surface area contributed by atoms with Crippen molar-refractivity contribution in [1.82, 2.24) is 21.3 Å². The number of terminal acetylenes is 1. The van der Waals surface area contributed by atoms with Gasteiger partial charge in [0.15, 0.2) is 0 Å². The van der Waals surface area contributed by atoms with Crippen LogP contribution in [0.5, 0.6) is 0 Å².